The molecule has 1 fully saturated rings. The van der Waals surface area contributed by atoms with Crippen LogP contribution in [-0.4, -0.2) is 64.4 Å². The number of nitrogens with zero attached hydrogens (tertiary/aromatic N) is 1. The van der Waals surface area contributed by atoms with Gasteiger partial charge in [-0.1, -0.05) is 26.0 Å². The highest BCUT2D eigenvalue weighted by atomic mass is 19.1. The van der Waals surface area contributed by atoms with E-state index in [1.807, 2.05) is 13.8 Å². The van der Waals surface area contributed by atoms with Gasteiger partial charge in [0.25, 0.3) is 0 Å². The maximum atomic E-state index is 13.8. The number of benzene rings is 1. The number of urea groups is 1. The molecular formula is C20H29FN4O5. The van der Waals surface area contributed by atoms with E-state index in [0.29, 0.717) is 25.8 Å². The number of carbonyl (C=O) groups is 3. The molecule has 1 heterocycles. The first-order chi connectivity index (χ1) is 14.2. The van der Waals surface area contributed by atoms with Gasteiger partial charge in [0.2, 0.25) is 5.91 Å². The third kappa shape index (κ3) is 6.87. The Morgan fingerprint density at radius 3 is 2.60 bits per heavy atom. The highest BCUT2D eigenvalue weighted by Gasteiger charge is 2.31. The molecular weight excluding hydrogens is 395 g/mol. The van der Waals surface area contributed by atoms with Gasteiger partial charge in [-0.3, -0.25) is 4.79 Å². The summed E-state index contributed by atoms with van der Waals surface area (Å²) in [4.78, 5) is 37.4. The van der Waals surface area contributed by atoms with Crippen LogP contribution in [0.1, 0.15) is 33.1 Å². The van der Waals surface area contributed by atoms with Gasteiger partial charge in [-0.05, 0) is 37.3 Å². The number of carboxylic acid groups (broad SMARTS) is 1. The minimum absolute atomic E-state index is 0.0439. The zero-order valence-corrected chi connectivity index (χ0v) is 17.1. The van der Waals surface area contributed by atoms with Gasteiger partial charge >= 0.3 is 12.1 Å². The first-order valence-corrected chi connectivity index (χ1v) is 9.95. The third-order valence-electron chi connectivity index (χ3n) is 4.87. The van der Waals surface area contributed by atoms with Crippen molar-refractivity contribution in [2.45, 2.75) is 51.3 Å². The standard InChI is InChI=1S/C20H29FN4O5/c1-12(2)10-16(24-20(29)30)18(27)22-15-8-5-9-25(11-17(15)26)19(28)23-14-7-4-3-6-13(14)21/h3-4,6-7,12,15-17,24,26H,5,8-11H2,1-2H3,(H,22,27)(H,23,28)(H,29,30)/t15?,16-,17?/m0/s1. The second-order valence-electron chi connectivity index (χ2n) is 7.81. The fourth-order valence-electron chi connectivity index (χ4n) is 3.38. The van der Waals surface area contributed by atoms with E-state index in [2.05, 4.69) is 16.0 Å². The Morgan fingerprint density at radius 1 is 1.27 bits per heavy atom. The van der Waals surface area contributed by atoms with E-state index in [9.17, 15) is 23.9 Å². The lowest BCUT2D eigenvalue weighted by atomic mass is 10.0. The topological polar surface area (TPSA) is 131 Å². The molecule has 4 amide bonds. The number of carbonyl (C=O) groups excluding carboxylic acids is 2. The second kappa shape index (κ2) is 10.8. The number of aliphatic hydroxyl groups is 1. The lowest BCUT2D eigenvalue weighted by Crippen LogP contribution is -2.54. The predicted molar refractivity (Wildman–Crippen MR) is 109 cm³/mol. The fraction of sp³-hybridized carbons (Fsp3) is 0.550. The van der Waals surface area contributed by atoms with Crippen LogP contribution in [0.2, 0.25) is 0 Å². The molecule has 0 bridgehead atoms. The van der Waals surface area contributed by atoms with Crippen LogP contribution in [0.25, 0.3) is 0 Å². The Bertz CT molecular complexity index is 760. The number of hydrogen-bond donors (Lipinski definition) is 5. The summed E-state index contributed by atoms with van der Waals surface area (Å²) in [5.74, 6) is -0.989. The molecule has 1 saturated heterocycles. The molecule has 1 aliphatic rings. The number of β-amino-alcohol motifs (C(OH)–C–C–N with tert-alkyl or cyclic N) is 1. The number of amides is 4. The minimum atomic E-state index is -1.30. The Morgan fingerprint density at radius 2 is 1.97 bits per heavy atom. The smallest absolute Gasteiger partial charge is 0.405 e. The molecule has 9 nitrogen and oxygen atoms in total. The second-order valence-corrected chi connectivity index (χ2v) is 7.81. The Hall–Kier alpha value is -2.88. The summed E-state index contributed by atoms with van der Waals surface area (Å²) < 4.78 is 13.8. The van der Waals surface area contributed by atoms with Crippen LogP contribution in [0.5, 0.6) is 0 Å². The first-order valence-electron chi connectivity index (χ1n) is 9.95. The molecule has 5 N–H and O–H groups in total. The summed E-state index contributed by atoms with van der Waals surface area (Å²) in [7, 11) is 0. The van der Waals surface area contributed by atoms with Gasteiger partial charge < -0.3 is 31.1 Å². The van der Waals surface area contributed by atoms with Crippen molar-refractivity contribution in [1.82, 2.24) is 15.5 Å². The summed E-state index contributed by atoms with van der Waals surface area (Å²) in [6.45, 7) is 4.02. The van der Waals surface area contributed by atoms with E-state index < -0.39 is 42.0 Å². The molecule has 0 saturated carbocycles. The van der Waals surface area contributed by atoms with Crippen molar-refractivity contribution in [3.8, 4) is 0 Å². The molecule has 2 unspecified atom stereocenters. The van der Waals surface area contributed by atoms with E-state index in [4.69, 9.17) is 5.11 Å². The van der Waals surface area contributed by atoms with Gasteiger partial charge in [-0.15, -0.1) is 0 Å². The Kier molecular flexibility index (Phi) is 8.40. The molecule has 1 aromatic carbocycles. The van der Waals surface area contributed by atoms with E-state index >= 15 is 0 Å². The summed E-state index contributed by atoms with van der Waals surface area (Å²) >= 11 is 0. The number of rotatable bonds is 6. The van der Waals surface area contributed by atoms with Crippen LogP contribution in [-0.2, 0) is 4.79 Å². The summed E-state index contributed by atoms with van der Waals surface area (Å²) in [5, 5.41) is 26.9. The van der Waals surface area contributed by atoms with E-state index in [-0.39, 0.29) is 18.2 Å². The van der Waals surface area contributed by atoms with Crippen molar-refractivity contribution in [2.75, 3.05) is 18.4 Å². The molecule has 2 rings (SSSR count). The van der Waals surface area contributed by atoms with Gasteiger partial charge in [-0.25, -0.2) is 14.0 Å². The fourth-order valence-corrected chi connectivity index (χ4v) is 3.38. The first kappa shape index (κ1) is 23.4. The number of anilines is 1. The van der Waals surface area contributed by atoms with Crippen LogP contribution in [0, 0.1) is 11.7 Å². The largest absolute Gasteiger partial charge is 0.465 e. The minimum Gasteiger partial charge on any atom is -0.465 e. The predicted octanol–water partition coefficient (Wildman–Crippen LogP) is 1.98. The van der Waals surface area contributed by atoms with Crippen molar-refractivity contribution < 1.29 is 29.0 Å². The maximum Gasteiger partial charge on any atom is 0.405 e. The molecule has 0 aromatic heterocycles. The highest BCUT2D eigenvalue weighted by Crippen LogP contribution is 2.17. The highest BCUT2D eigenvalue weighted by molar-refractivity contribution is 5.89. The van der Waals surface area contributed by atoms with Gasteiger partial charge in [0, 0.05) is 6.54 Å². The quantitative estimate of drug-likeness (QED) is 0.477. The monoisotopic (exact) mass is 424 g/mol. The van der Waals surface area contributed by atoms with Crippen molar-refractivity contribution in [3.63, 3.8) is 0 Å². The van der Waals surface area contributed by atoms with Gasteiger partial charge in [-0.2, -0.15) is 0 Å². The van der Waals surface area contributed by atoms with Crippen LogP contribution >= 0.6 is 0 Å². The molecule has 10 heteroatoms. The number of aliphatic hydroxyl groups excluding tert-OH is 1. The van der Waals surface area contributed by atoms with Gasteiger partial charge in [0.15, 0.2) is 0 Å². The zero-order valence-electron chi connectivity index (χ0n) is 17.1. The Balaban J connectivity index is 1.98. The maximum absolute atomic E-state index is 13.8. The zero-order chi connectivity index (χ0) is 22.3. The lowest BCUT2D eigenvalue weighted by Gasteiger charge is -2.27. The number of hydrogen-bond acceptors (Lipinski definition) is 4. The van der Waals surface area contributed by atoms with Crippen LogP contribution < -0.4 is 16.0 Å². The molecule has 3 atom stereocenters. The number of halogens is 1. The van der Waals surface area contributed by atoms with Crippen molar-refractivity contribution in [1.29, 1.82) is 0 Å². The summed E-state index contributed by atoms with van der Waals surface area (Å²) in [6.07, 6.45) is -1.11. The molecule has 0 radical (unpaired) electrons. The number of para-hydroxylation sites is 1. The van der Waals surface area contributed by atoms with Gasteiger partial charge in [0.05, 0.1) is 24.4 Å². The Labute approximate surface area is 174 Å². The normalized spacial score (nSPS) is 20.2. The van der Waals surface area contributed by atoms with Crippen molar-refractivity contribution in [2.24, 2.45) is 5.92 Å². The third-order valence-corrected chi connectivity index (χ3v) is 4.87. The van der Waals surface area contributed by atoms with E-state index in [0.717, 1.165) is 0 Å². The number of nitrogens with one attached hydrogen (secondary N) is 3. The summed E-state index contributed by atoms with van der Waals surface area (Å²) in [5.41, 5.74) is 0.0439. The van der Waals surface area contributed by atoms with E-state index in [1.165, 1.54) is 23.1 Å². The molecule has 1 aliphatic heterocycles. The average Bonchev–Trinajstić information content (AvgIpc) is 2.84. The lowest BCUT2D eigenvalue weighted by molar-refractivity contribution is -0.125. The molecule has 0 spiro atoms. The van der Waals surface area contributed by atoms with E-state index in [1.54, 1.807) is 6.07 Å². The van der Waals surface area contributed by atoms with Crippen molar-refractivity contribution in [3.05, 3.63) is 30.1 Å². The van der Waals surface area contributed by atoms with Crippen LogP contribution in [0.4, 0.5) is 19.7 Å². The summed E-state index contributed by atoms with van der Waals surface area (Å²) in [6, 6.07) is 3.68. The van der Waals surface area contributed by atoms with Gasteiger partial charge in [0.1, 0.15) is 11.9 Å². The molecule has 1 aromatic rings. The van der Waals surface area contributed by atoms with Crippen LogP contribution in [0.3, 0.4) is 0 Å². The van der Waals surface area contributed by atoms with Crippen molar-refractivity contribution >= 4 is 23.7 Å². The molecule has 0 aliphatic carbocycles. The van der Waals surface area contributed by atoms with Crippen LogP contribution in [0.15, 0.2) is 24.3 Å². The SMILES string of the molecule is CC(C)C[C@H](NC(=O)O)C(=O)NC1CCCN(C(=O)Nc2ccccc2F)CC1O. The molecule has 166 valence electrons. The molecule has 30 heavy (non-hydrogen) atoms. The number of likely N-dealkylation sites (tertiary alicyclic amines) is 1. The average molecular weight is 424 g/mol.